The monoisotopic (exact) mass is 264 g/mol. The molecule has 3 unspecified atom stereocenters. The van der Waals surface area contributed by atoms with Gasteiger partial charge in [-0.3, -0.25) is 9.59 Å². The van der Waals surface area contributed by atoms with Crippen molar-refractivity contribution in [1.29, 1.82) is 0 Å². The van der Waals surface area contributed by atoms with Crippen molar-refractivity contribution in [3.05, 3.63) is 34.9 Å². The molecule has 18 heavy (non-hydrogen) atoms. The average molecular weight is 265 g/mol. The molecule has 1 saturated carbocycles. The first-order valence-corrected chi connectivity index (χ1v) is 6.67. The molecule has 0 radical (unpaired) electrons. The van der Waals surface area contributed by atoms with E-state index in [0.717, 1.165) is 5.56 Å². The number of halogens is 1. The molecule has 1 aliphatic carbocycles. The van der Waals surface area contributed by atoms with Gasteiger partial charge in [-0.05, 0) is 30.0 Å². The number of hydrogen-bond acceptors (Lipinski definition) is 2. The van der Waals surface area contributed by atoms with Crippen LogP contribution in [0, 0.1) is 17.8 Å². The number of carbonyl (C=O) groups is 2. The summed E-state index contributed by atoms with van der Waals surface area (Å²) in [6.45, 7) is 3.90. The van der Waals surface area contributed by atoms with Crippen molar-refractivity contribution >= 4 is 23.2 Å². The lowest BCUT2D eigenvalue weighted by Gasteiger charge is -2.29. The van der Waals surface area contributed by atoms with Gasteiger partial charge < -0.3 is 0 Å². The average Bonchev–Trinajstić information content (AvgIpc) is 2.34. The van der Waals surface area contributed by atoms with Crippen LogP contribution in [0.1, 0.15) is 25.8 Å². The minimum absolute atomic E-state index is 0.0139. The van der Waals surface area contributed by atoms with Crippen LogP contribution in [0.3, 0.4) is 0 Å². The number of rotatable bonds is 2. The first kappa shape index (κ1) is 13.3. The Morgan fingerprint density at radius 3 is 2.39 bits per heavy atom. The summed E-state index contributed by atoms with van der Waals surface area (Å²) in [5, 5.41) is 0.669. The fraction of sp³-hybridized carbons (Fsp3) is 0.467. The van der Waals surface area contributed by atoms with Gasteiger partial charge in [0, 0.05) is 17.4 Å². The standard InChI is InChI=1S/C15H17ClO2/c1-9-7-14(17)13(15(18)10(9)2)8-11-3-5-12(16)6-4-11/h3-6,9-10,13H,7-8H2,1-2H3. The van der Waals surface area contributed by atoms with E-state index in [9.17, 15) is 9.59 Å². The summed E-state index contributed by atoms with van der Waals surface area (Å²) in [6, 6.07) is 7.35. The third kappa shape index (κ3) is 2.64. The maximum Gasteiger partial charge on any atom is 0.146 e. The number of carbonyl (C=O) groups excluding carboxylic acids is 2. The van der Waals surface area contributed by atoms with E-state index in [0.29, 0.717) is 17.9 Å². The Balaban J connectivity index is 2.15. The fourth-order valence-corrected chi connectivity index (χ4v) is 2.59. The highest BCUT2D eigenvalue weighted by molar-refractivity contribution is 6.30. The van der Waals surface area contributed by atoms with Gasteiger partial charge in [-0.2, -0.15) is 0 Å². The van der Waals surface area contributed by atoms with E-state index < -0.39 is 5.92 Å². The molecule has 0 aromatic heterocycles. The van der Waals surface area contributed by atoms with Gasteiger partial charge in [0.15, 0.2) is 0 Å². The zero-order valence-electron chi connectivity index (χ0n) is 10.7. The van der Waals surface area contributed by atoms with Gasteiger partial charge in [-0.25, -0.2) is 0 Å². The van der Waals surface area contributed by atoms with Crippen molar-refractivity contribution in [2.75, 3.05) is 0 Å². The summed E-state index contributed by atoms with van der Waals surface area (Å²) in [4.78, 5) is 24.2. The van der Waals surface area contributed by atoms with E-state index in [1.807, 2.05) is 26.0 Å². The second-order valence-electron chi connectivity index (χ2n) is 5.22. The molecule has 1 aliphatic rings. The van der Waals surface area contributed by atoms with Crippen LogP contribution in [0.25, 0.3) is 0 Å². The smallest absolute Gasteiger partial charge is 0.146 e. The third-order valence-corrected chi connectivity index (χ3v) is 4.16. The first-order chi connectivity index (χ1) is 8.49. The first-order valence-electron chi connectivity index (χ1n) is 6.30. The summed E-state index contributed by atoms with van der Waals surface area (Å²) >= 11 is 5.82. The van der Waals surface area contributed by atoms with Gasteiger partial charge in [-0.1, -0.05) is 37.6 Å². The molecule has 0 aliphatic heterocycles. The van der Waals surface area contributed by atoms with E-state index in [-0.39, 0.29) is 23.4 Å². The minimum Gasteiger partial charge on any atom is -0.299 e. The van der Waals surface area contributed by atoms with Gasteiger partial charge in [0.05, 0.1) is 5.92 Å². The van der Waals surface area contributed by atoms with Crippen molar-refractivity contribution in [1.82, 2.24) is 0 Å². The van der Waals surface area contributed by atoms with Gasteiger partial charge in [-0.15, -0.1) is 0 Å². The Morgan fingerprint density at radius 1 is 1.17 bits per heavy atom. The molecular weight excluding hydrogens is 248 g/mol. The maximum atomic E-state index is 12.2. The zero-order chi connectivity index (χ0) is 13.3. The summed E-state index contributed by atoms with van der Waals surface area (Å²) in [5.74, 6) is -0.127. The Hall–Kier alpha value is -1.15. The molecule has 0 spiro atoms. The van der Waals surface area contributed by atoms with Gasteiger partial charge >= 0.3 is 0 Å². The van der Waals surface area contributed by atoms with Crippen molar-refractivity contribution in [2.45, 2.75) is 26.7 Å². The van der Waals surface area contributed by atoms with E-state index >= 15 is 0 Å². The molecule has 2 rings (SSSR count). The SMILES string of the molecule is CC1CC(=O)C(Cc2ccc(Cl)cc2)C(=O)C1C. The second kappa shape index (κ2) is 5.23. The Kier molecular flexibility index (Phi) is 3.86. The van der Waals surface area contributed by atoms with E-state index in [1.165, 1.54) is 0 Å². The molecule has 0 amide bonds. The van der Waals surface area contributed by atoms with Crippen LogP contribution in [0.15, 0.2) is 24.3 Å². The minimum atomic E-state index is -0.461. The summed E-state index contributed by atoms with van der Waals surface area (Å²) in [7, 11) is 0. The Bertz CT molecular complexity index is 464. The highest BCUT2D eigenvalue weighted by atomic mass is 35.5. The second-order valence-corrected chi connectivity index (χ2v) is 5.66. The number of Topliss-reactive ketones (excluding diaryl/α,β-unsaturated/α-hetero) is 2. The highest BCUT2D eigenvalue weighted by Crippen LogP contribution is 2.30. The molecule has 1 aromatic rings. The molecule has 0 N–H and O–H groups in total. The predicted octanol–water partition coefficient (Wildman–Crippen LogP) is 3.31. The third-order valence-electron chi connectivity index (χ3n) is 3.91. The van der Waals surface area contributed by atoms with E-state index in [1.54, 1.807) is 12.1 Å². The Labute approximate surface area is 112 Å². The molecule has 2 nitrogen and oxygen atoms in total. The van der Waals surface area contributed by atoms with Crippen LogP contribution in [0.5, 0.6) is 0 Å². The molecule has 1 fully saturated rings. The van der Waals surface area contributed by atoms with Crippen LogP contribution < -0.4 is 0 Å². The predicted molar refractivity (Wildman–Crippen MR) is 71.6 cm³/mol. The molecule has 1 aromatic carbocycles. The quantitative estimate of drug-likeness (QED) is 0.768. The Morgan fingerprint density at radius 2 is 1.78 bits per heavy atom. The molecule has 0 bridgehead atoms. The normalized spacial score (nSPS) is 28.5. The fourth-order valence-electron chi connectivity index (χ4n) is 2.46. The molecule has 0 saturated heterocycles. The molecule has 3 atom stereocenters. The topological polar surface area (TPSA) is 34.1 Å². The molecule has 96 valence electrons. The summed E-state index contributed by atoms with van der Waals surface area (Å²) < 4.78 is 0. The van der Waals surface area contributed by atoms with Crippen molar-refractivity contribution in [3.63, 3.8) is 0 Å². The lowest BCUT2D eigenvalue weighted by atomic mass is 9.72. The van der Waals surface area contributed by atoms with Crippen LogP contribution in [0.4, 0.5) is 0 Å². The highest BCUT2D eigenvalue weighted by Gasteiger charge is 2.38. The van der Waals surface area contributed by atoms with Gasteiger partial charge in [0.25, 0.3) is 0 Å². The van der Waals surface area contributed by atoms with Crippen molar-refractivity contribution in [3.8, 4) is 0 Å². The number of ketones is 2. The van der Waals surface area contributed by atoms with Crippen LogP contribution in [-0.4, -0.2) is 11.6 Å². The summed E-state index contributed by atoms with van der Waals surface area (Å²) in [6.07, 6.45) is 1.02. The number of benzene rings is 1. The summed E-state index contributed by atoms with van der Waals surface area (Å²) in [5.41, 5.74) is 0.993. The van der Waals surface area contributed by atoms with E-state index in [2.05, 4.69) is 0 Å². The maximum absolute atomic E-state index is 12.2. The lowest BCUT2D eigenvalue weighted by molar-refractivity contribution is -0.140. The van der Waals surface area contributed by atoms with Gasteiger partial charge in [0.2, 0.25) is 0 Å². The van der Waals surface area contributed by atoms with Crippen LogP contribution >= 0.6 is 11.6 Å². The largest absolute Gasteiger partial charge is 0.299 e. The van der Waals surface area contributed by atoms with Crippen molar-refractivity contribution < 1.29 is 9.59 Å². The molecular formula is C15H17ClO2. The van der Waals surface area contributed by atoms with Crippen LogP contribution in [0.2, 0.25) is 5.02 Å². The van der Waals surface area contributed by atoms with Gasteiger partial charge in [0.1, 0.15) is 11.6 Å². The lowest BCUT2D eigenvalue weighted by Crippen LogP contribution is -2.39. The zero-order valence-corrected chi connectivity index (χ0v) is 11.4. The molecule has 3 heteroatoms. The van der Waals surface area contributed by atoms with Crippen LogP contribution in [-0.2, 0) is 16.0 Å². The van der Waals surface area contributed by atoms with E-state index in [4.69, 9.17) is 11.6 Å². The van der Waals surface area contributed by atoms with Crippen molar-refractivity contribution in [2.24, 2.45) is 17.8 Å². The number of hydrogen-bond donors (Lipinski definition) is 0. The molecule has 0 heterocycles.